The van der Waals surface area contributed by atoms with E-state index in [1.165, 1.54) is 14.2 Å². The van der Waals surface area contributed by atoms with Gasteiger partial charge in [0.2, 0.25) is 6.29 Å². The number of carbonyl (C=O) groups is 2. The Kier molecular flexibility index (Phi) is 5.96. The van der Waals surface area contributed by atoms with E-state index in [0.29, 0.717) is 12.3 Å². The van der Waals surface area contributed by atoms with Gasteiger partial charge in [0.1, 0.15) is 5.78 Å². The molecule has 1 saturated carbocycles. The molecular formula is C14H24O4. The number of methoxy groups -OCH3 is 2. The minimum Gasteiger partial charge on any atom is -0.349 e. The van der Waals surface area contributed by atoms with Crippen molar-refractivity contribution >= 4 is 11.6 Å². The Morgan fingerprint density at radius 2 is 1.94 bits per heavy atom. The van der Waals surface area contributed by atoms with Gasteiger partial charge in [-0.25, -0.2) is 0 Å². The molecule has 0 saturated heterocycles. The van der Waals surface area contributed by atoms with Crippen molar-refractivity contribution < 1.29 is 19.1 Å². The lowest BCUT2D eigenvalue weighted by Gasteiger charge is -2.31. The molecule has 0 radical (unpaired) electrons. The lowest BCUT2D eigenvalue weighted by molar-refractivity contribution is -0.165. The fraction of sp³-hybridized carbons (Fsp3) is 0.857. The molecule has 0 N–H and O–H groups in total. The van der Waals surface area contributed by atoms with Crippen LogP contribution in [0.15, 0.2) is 0 Å². The second kappa shape index (κ2) is 7.00. The minimum atomic E-state index is -0.908. The van der Waals surface area contributed by atoms with Crippen molar-refractivity contribution in [3.63, 3.8) is 0 Å². The fourth-order valence-corrected chi connectivity index (χ4v) is 2.71. The Bertz CT molecular complexity index is 296. The summed E-state index contributed by atoms with van der Waals surface area (Å²) in [4.78, 5) is 24.5. The molecule has 4 nitrogen and oxygen atoms in total. The highest BCUT2D eigenvalue weighted by Gasteiger charge is 2.40. The van der Waals surface area contributed by atoms with Gasteiger partial charge in [0.05, 0.1) is 5.92 Å². The van der Waals surface area contributed by atoms with Crippen LogP contribution in [-0.4, -0.2) is 32.1 Å². The van der Waals surface area contributed by atoms with Crippen molar-refractivity contribution in [3.05, 3.63) is 0 Å². The van der Waals surface area contributed by atoms with Gasteiger partial charge in [0.15, 0.2) is 5.78 Å². The van der Waals surface area contributed by atoms with Gasteiger partial charge in [0, 0.05) is 20.1 Å². The molecule has 0 unspecified atom stereocenters. The van der Waals surface area contributed by atoms with Gasteiger partial charge >= 0.3 is 0 Å². The average Bonchev–Trinajstić information content (AvgIpc) is 2.39. The zero-order valence-electron chi connectivity index (χ0n) is 11.8. The first-order chi connectivity index (χ1) is 8.56. The summed E-state index contributed by atoms with van der Waals surface area (Å²) in [5.74, 6) is -0.316. The summed E-state index contributed by atoms with van der Waals surface area (Å²) in [6.45, 7) is 4.16. The maximum Gasteiger partial charge on any atom is 0.218 e. The molecule has 0 aromatic heterocycles. The summed E-state index contributed by atoms with van der Waals surface area (Å²) in [5.41, 5.74) is 0. The Balaban J connectivity index is 2.77. The largest absolute Gasteiger partial charge is 0.349 e. The lowest BCUT2D eigenvalue weighted by Crippen LogP contribution is -2.42. The molecule has 1 rings (SSSR count). The SMILES string of the molecule is CC[C@H](C)[C@H]1CCC[C@@H](C(=O)C(OC)OC)C1=O. The third kappa shape index (κ3) is 3.18. The number of hydrogen-bond acceptors (Lipinski definition) is 4. The number of ether oxygens (including phenoxy) is 2. The van der Waals surface area contributed by atoms with Crippen molar-refractivity contribution in [2.24, 2.45) is 17.8 Å². The summed E-state index contributed by atoms with van der Waals surface area (Å²) in [5, 5.41) is 0. The van der Waals surface area contributed by atoms with E-state index in [1.54, 1.807) is 0 Å². The van der Waals surface area contributed by atoms with E-state index >= 15 is 0 Å². The van der Waals surface area contributed by atoms with Gasteiger partial charge < -0.3 is 9.47 Å². The van der Waals surface area contributed by atoms with Crippen molar-refractivity contribution in [1.82, 2.24) is 0 Å². The third-order valence-electron chi connectivity index (χ3n) is 4.05. The Morgan fingerprint density at radius 1 is 1.33 bits per heavy atom. The number of ketones is 2. The number of Topliss-reactive ketones (excluding diaryl/α,β-unsaturated/α-hetero) is 2. The van der Waals surface area contributed by atoms with Crippen LogP contribution < -0.4 is 0 Å². The first kappa shape index (κ1) is 15.3. The number of hydrogen-bond donors (Lipinski definition) is 0. The molecular weight excluding hydrogens is 232 g/mol. The summed E-state index contributed by atoms with van der Waals surface area (Å²) in [6, 6.07) is 0. The number of rotatable bonds is 6. The standard InChI is InChI=1S/C14H24O4/c1-5-9(2)10-7-6-8-11(12(10)15)13(16)14(17-3)18-4/h9-11,14H,5-8H2,1-4H3/t9-,10+,11+/m0/s1. The zero-order chi connectivity index (χ0) is 13.7. The van der Waals surface area contributed by atoms with Crippen LogP contribution in [0.25, 0.3) is 0 Å². The maximum atomic E-state index is 12.4. The molecule has 1 aliphatic rings. The van der Waals surface area contributed by atoms with Crippen molar-refractivity contribution in [3.8, 4) is 0 Å². The van der Waals surface area contributed by atoms with Gasteiger partial charge in [-0.05, 0) is 18.8 Å². The molecule has 0 aromatic carbocycles. The molecule has 0 aromatic rings. The van der Waals surface area contributed by atoms with Crippen molar-refractivity contribution in [1.29, 1.82) is 0 Å². The average molecular weight is 256 g/mol. The molecule has 1 fully saturated rings. The summed E-state index contributed by atoms with van der Waals surface area (Å²) >= 11 is 0. The Labute approximate surface area is 109 Å². The van der Waals surface area contributed by atoms with E-state index in [-0.39, 0.29) is 17.5 Å². The molecule has 3 atom stereocenters. The highest BCUT2D eigenvalue weighted by atomic mass is 16.7. The van der Waals surface area contributed by atoms with Crippen molar-refractivity contribution in [2.75, 3.05) is 14.2 Å². The highest BCUT2D eigenvalue weighted by Crippen LogP contribution is 2.33. The van der Waals surface area contributed by atoms with E-state index < -0.39 is 12.2 Å². The van der Waals surface area contributed by atoms with Gasteiger partial charge in [-0.3, -0.25) is 9.59 Å². The van der Waals surface area contributed by atoms with Crippen molar-refractivity contribution in [2.45, 2.75) is 45.8 Å². The monoisotopic (exact) mass is 256 g/mol. The Hall–Kier alpha value is -0.740. The van der Waals surface area contributed by atoms with Crippen LogP contribution in [0.2, 0.25) is 0 Å². The van der Waals surface area contributed by atoms with E-state index in [9.17, 15) is 9.59 Å². The maximum absolute atomic E-state index is 12.4. The molecule has 4 heteroatoms. The first-order valence-electron chi connectivity index (χ1n) is 6.69. The van der Waals surface area contributed by atoms with Crippen LogP contribution in [0, 0.1) is 17.8 Å². The minimum absolute atomic E-state index is 0.0204. The van der Waals surface area contributed by atoms with E-state index in [4.69, 9.17) is 9.47 Å². The molecule has 0 bridgehead atoms. The van der Waals surface area contributed by atoms with Crippen LogP contribution >= 0.6 is 0 Å². The van der Waals surface area contributed by atoms with E-state index in [0.717, 1.165) is 19.3 Å². The van der Waals surface area contributed by atoms with E-state index in [1.807, 2.05) is 0 Å². The molecule has 1 aliphatic carbocycles. The van der Waals surface area contributed by atoms with Crippen LogP contribution in [0.5, 0.6) is 0 Å². The molecule has 18 heavy (non-hydrogen) atoms. The number of carbonyl (C=O) groups excluding carboxylic acids is 2. The van der Waals surface area contributed by atoms with Gasteiger partial charge in [-0.1, -0.05) is 26.7 Å². The van der Waals surface area contributed by atoms with Gasteiger partial charge in [-0.15, -0.1) is 0 Å². The van der Waals surface area contributed by atoms with E-state index in [2.05, 4.69) is 13.8 Å². The smallest absolute Gasteiger partial charge is 0.218 e. The summed E-state index contributed by atoms with van der Waals surface area (Å²) < 4.78 is 9.92. The van der Waals surface area contributed by atoms with Crippen LogP contribution in [-0.2, 0) is 19.1 Å². The lowest BCUT2D eigenvalue weighted by atomic mass is 9.72. The predicted molar refractivity (Wildman–Crippen MR) is 68.1 cm³/mol. The topological polar surface area (TPSA) is 52.6 Å². The van der Waals surface area contributed by atoms with Gasteiger partial charge in [-0.2, -0.15) is 0 Å². The quantitative estimate of drug-likeness (QED) is 0.540. The molecule has 0 heterocycles. The van der Waals surface area contributed by atoms with Crippen LogP contribution in [0.4, 0.5) is 0 Å². The van der Waals surface area contributed by atoms with Crippen LogP contribution in [0.1, 0.15) is 39.5 Å². The third-order valence-corrected chi connectivity index (χ3v) is 4.05. The fourth-order valence-electron chi connectivity index (χ4n) is 2.71. The molecule has 0 aliphatic heterocycles. The van der Waals surface area contributed by atoms with Gasteiger partial charge in [0.25, 0.3) is 0 Å². The predicted octanol–water partition coefficient (Wildman–Crippen LogP) is 2.21. The molecule has 0 spiro atoms. The second-order valence-electron chi connectivity index (χ2n) is 5.08. The molecule has 0 amide bonds. The molecule has 104 valence electrons. The Morgan fingerprint density at radius 3 is 2.44 bits per heavy atom. The summed E-state index contributed by atoms with van der Waals surface area (Å²) in [7, 11) is 2.84. The zero-order valence-corrected chi connectivity index (χ0v) is 11.8. The summed E-state index contributed by atoms with van der Waals surface area (Å²) in [6.07, 6.45) is 2.53. The van der Waals surface area contributed by atoms with Crippen LogP contribution in [0.3, 0.4) is 0 Å². The normalized spacial score (nSPS) is 26.4. The second-order valence-corrected chi connectivity index (χ2v) is 5.08. The highest BCUT2D eigenvalue weighted by molar-refractivity contribution is 6.05. The first-order valence-corrected chi connectivity index (χ1v) is 6.69.